The molecule has 0 aliphatic rings. The zero-order chi connectivity index (χ0) is 14.2. The molecule has 0 radical (unpaired) electrons. The van der Waals surface area contributed by atoms with Gasteiger partial charge in [-0.3, -0.25) is 0 Å². The molecule has 0 amide bonds. The highest BCUT2D eigenvalue weighted by molar-refractivity contribution is 5.50. The molecule has 20 heavy (non-hydrogen) atoms. The fourth-order valence-corrected chi connectivity index (χ4v) is 2.34. The quantitative estimate of drug-likeness (QED) is 0.760. The lowest BCUT2D eigenvalue weighted by Gasteiger charge is -2.20. The molecule has 106 valence electrons. The summed E-state index contributed by atoms with van der Waals surface area (Å²) in [6.45, 7) is 4.92. The summed E-state index contributed by atoms with van der Waals surface area (Å²) < 4.78 is 5.55. The zero-order valence-corrected chi connectivity index (χ0v) is 12.3. The van der Waals surface area contributed by atoms with Crippen LogP contribution in [-0.4, -0.2) is 6.61 Å². The Morgan fingerprint density at radius 1 is 1.00 bits per heavy atom. The molecule has 0 heterocycles. The number of hydrogen-bond donors (Lipinski definition) is 1. The van der Waals surface area contributed by atoms with Crippen LogP contribution in [0.1, 0.15) is 38.3 Å². The Labute approximate surface area is 121 Å². The first-order chi connectivity index (χ1) is 9.83. The highest BCUT2D eigenvalue weighted by atomic mass is 16.5. The minimum absolute atomic E-state index is 0.345. The van der Waals surface area contributed by atoms with Crippen molar-refractivity contribution in [3.63, 3.8) is 0 Å². The molecule has 0 aliphatic carbocycles. The van der Waals surface area contributed by atoms with Gasteiger partial charge in [-0.15, -0.1) is 0 Å². The van der Waals surface area contributed by atoms with E-state index in [4.69, 9.17) is 4.74 Å². The first kappa shape index (κ1) is 14.4. The van der Waals surface area contributed by atoms with Crippen LogP contribution >= 0.6 is 0 Å². The summed E-state index contributed by atoms with van der Waals surface area (Å²) in [6, 6.07) is 19.1. The lowest BCUT2D eigenvalue weighted by Crippen LogP contribution is -2.10. The molecule has 2 heteroatoms. The van der Waals surface area contributed by atoms with Crippen molar-refractivity contribution < 1.29 is 4.74 Å². The summed E-state index contributed by atoms with van der Waals surface area (Å²) in [6.07, 6.45) is 2.26. The van der Waals surface area contributed by atoms with Gasteiger partial charge < -0.3 is 10.1 Å². The smallest absolute Gasteiger partial charge is 0.121 e. The predicted octanol–water partition coefficient (Wildman–Crippen LogP) is 5.04. The molecule has 2 nitrogen and oxygen atoms in total. The average Bonchev–Trinajstić information content (AvgIpc) is 2.48. The van der Waals surface area contributed by atoms with Gasteiger partial charge in [-0.2, -0.15) is 0 Å². The number of ether oxygens (including phenoxy) is 1. The normalized spacial score (nSPS) is 11.9. The van der Waals surface area contributed by atoms with Gasteiger partial charge in [-0.05, 0) is 31.0 Å². The molecular formula is C18H23NO. The average molecular weight is 269 g/mol. The van der Waals surface area contributed by atoms with E-state index in [-0.39, 0.29) is 0 Å². The van der Waals surface area contributed by atoms with Gasteiger partial charge in [0.2, 0.25) is 0 Å². The van der Waals surface area contributed by atoms with Crippen molar-refractivity contribution in [2.75, 3.05) is 11.9 Å². The zero-order valence-electron chi connectivity index (χ0n) is 12.3. The first-order valence-electron chi connectivity index (χ1n) is 7.37. The Hall–Kier alpha value is -1.96. The van der Waals surface area contributed by atoms with E-state index < -0.39 is 0 Å². The van der Waals surface area contributed by atoms with Gasteiger partial charge in [0.1, 0.15) is 5.75 Å². The van der Waals surface area contributed by atoms with Gasteiger partial charge in [0.15, 0.2) is 0 Å². The van der Waals surface area contributed by atoms with Gasteiger partial charge in [0.05, 0.1) is 12.6 Å². The summed E-state index contributed by atoms with van der Waals surface area (Å²) in [7, 11) is 0. The van der Waals surface area contributed by atoms with Crippen LogP contribution in [-0.2, 0) is 0 Å². The summed E-state index contributed by atoms with van der Waals surface area (Å²) in [5.41, 5.74) is 2.44. The SMILES string of the molecule is CCCC(Nc1cccc(OCC)c1)c1ccccc1. The Bertz CT molecular complexity index is 510. The molecule has 0 bridgehead atoms. The number of hydrogen-bond acceptors (Lipinski definition) is 2. The summed E-state index contributed by atoms with van der Waals surface area (Å²) in [5, 5.41) is 3.62. The lowest BCUT2D eigenvalue weighted by molar-refractivity contribution is 0.340. The Morgan fingerprint density at radius 2 is 1.80 bits per heavy atom. The van der Waals surface area contributed by atoms with Crippen molar-refractivity contribution in [2.45, 2.75) is 32.7 Å². The van der Waals surface area contributed by atoms with Crippen molar-refractivity contribution in [1.29, 1.82) is 0 Å². The van der Waals surface area contributed by atoms with Gasteiger partial charge in [-0.25, -0.2) is 0 Å². The molecule has 2 aromatic carbocycles. The van der Waals surface area contributed by atoms with E-state index in [0.29, 0.717) is 12.6 Å². The van der Waals surface area contributed by atoms with Crippen LogP contribution in [0.5, 0.6) is 5.75 Å². The second-order valence-electron chi connectivity index (χ2n) is 4.86. The first-order valence-corrected chi connectivity index (χ1v) is 7.37. The molecule has 0 spiro atoms. The molecule has 0 aromatic heterocycles. The molecule has 2 rings (SSSR count). The summed E-state index contributed by atoms with van der Waals surface area (Å²) in [4.78, 5) is 0. The van der Waals surface area contributed by atoms with Crippen LogP contribution in [0, 0.1) is 0 Å². The van der Waals surface area contributed by atoms with E-state index in [0.717, 1.165) is 24.3 Å². The van der Waals surface area contributed by atoms with Gasteiger partial charge in [-0.1, -0.05) is 49.7 Å². The van der Waals surface area contributed by atoms with Crippen molar-refractivity contribution in [3.05, 3.63) is 60.2 Å². The van der Waals surface area contributed by atoms with Crippen LogP contribution in [0.4, 0.5) is 5.69 Å². The van der Waals surface area contributed by atoms with E-state index in [1.165, 1.54) is 5.56 Å². The minimum atomic E-state index is 0.345. The standard InChI is InChI=1S/C18H23NO/c1-3-9-18(15-10-6-5-7-11-15)19-16-12-8-13-17(14-16)20-4-2/h5-8,10-14,18-19H,3-4,9H2,1-2H3. The molecule has 1 N–H and O–H groups in total. The van der Waals surface area contributed by atoms with Crippen LogP contribution in [0.15, 0.2) is 54.6 Å². The van der Waals surface area contributed by atoms with Crippen molar-refractivity contribution in [1.82, 2.24) is 0 Å². The molecule has 0 saturated heterocycles. The van der Waals surface area contributed by atoms with Crippen molar-refractivity contribution in [2.24, 2.45) is 0 Å². The lowest BCUT2D eigenvalue weighted by atomic mass is 10.0. The molecule has 0 saturated carbocycles. The molecule has 1 atom stereocenters. The third-order valence-electron chi connectivity index (χ3n) is 3.27. The Morgan fingerprint density at radius 3 is 2.50 bits per heavy atom. The summed E-state index contributed by atoms with van der Waals surface area (Å²) in [5.74, 6) is 0.917. The maximum absolute atomic E-state index is 5.55. The van der Waals surface area contributed by atoms with E-state index in [2.05, 4.69) is 54.7 Å². The maximum Gasteiger partial charge on any atom is 0.121 e. The highest BCUT2D eigenvalue weighted by Gasteiger charge is 2.10. The number of benzene rings is 2. The Kier molecular flexibility index (Phi) is 5.48. The fraction of sp³-hybridized carbons (Fsp3) is 0.333. The molecular weight excluding hydrogens is 246 g/mol. The number of nitrogens with one attached hydrogen (secondary N) is 1. The number of rotatable bonds is 7. The molecule has 0 fully saturated rings. The van der Waals surface area contributed by atoms with Crippen LogP contribution in [0.3, 0.4) is 0 Å². The van der Waals surface area contributed by atoms with E-state index in [9.17, 15) is 0 Å². The van der Waals surface area contributed by atoms with Gasteiger partial charge >= 0.3 is 0 Å². The van der Waals surface area contributed by atoms with Crippen LogP contribution in [0.2, 0.25) is 0 Å². The van der Waals surface area contributed by atoms with E-state index in [1.807, 2.05) is 19.1 Å². The second-order valence-corrected chi connectivity index (χ2v) is 4.86. The Balaban J connectivity index is 2.14. The second kappa shape index (κ2) is 7.59. The van der Waals surface area contributed by atoms with Crippen LogP contribution < -0.4 is 10.1 Å². The van der Waals surface area contributed by atoms with E-state index in [1.54, 1.807) is 0 Å². The van der Waals surface area contributed by atoms with Gasteiger partial charge in [0, 0.05) is 11.8 Å². The third-order valence-corrected chi connectivity index (χ3v) is 3.27. The number of anilines is 1. The van der Waals surface area contributed by atoms with Gasteiger partial charge in [0.25, 0.3) is 0 Å². The largest absolute Gasteiger partial charge is 0.494 e. The molecule has 1 unspecified atom stereocenters. The molecule has 0 aliphatic heterocycles. The van der Waals surface area contributed by atoms with Crippen LogP contribution in [0.25, 0.3) is 0 Å². The minimum Gasteiger partial charge on any atom is -0.494 e. The molecule has 2 aromatic rings. The maximum atomic E-state index is 5.55. The predicted molar refractivity (Wildman–Crippen MR) is 85.3 cm³/mol. The van der Waals surface area contributed by atoms with Crippen molar-refractivity contribution in [3.8, 4) is 5.75 Å². The summed E-state index contributed by atoms with van der Waals surface area (Å²) >= 11 is 0. The third kappa shape index (κ3) is 4.02. The van der Waals surface area contributed by atoms with Crippen molar-refractivity contribution >= 4 is 5.69 Å². The topological polar surface area (TPSA) is 21.3 Å². The monoisotopic (exact) mass is 269 g/mol. The fourth-order valence-electron chi connectivity index (χ4n) is 2.34. The van der Waals surface area contributed by atoms with E-state index >= 15 is 0 Å². The highest BCUT2D eigenvalue weighted by Crippen LogP contribution is 2.26.